The Morgan fingerprint density at radius 1 is 0.941 bits per heavy atom. The van der Waals surface area contributed by atoms with Crippen LogP contribution in [0.15, 0.2) is 65.8 Å². The van der Waals surface area contributed by atoms with Gasteiger partial charge >= 0.3 is 0 Å². The largest absolute Gasteiger partial charge is 0.382 e. The number of hydrogen-bond donors (Lipinski definition) is 2. The summed E-state index contributed by atoms with van der Waals surface area (Å²) in [6.07, 6.45) is -0.802. The lowest BCUT2D eigenvalue weighted by Crippen LogP contribution is -2.15. The Labute approximate surface area is 100 Å². The van der Waals surface area contributed by atoms with Crippen molar-refractivity contribution in [1.29, 1.82) is 0 Å². The topological polar surface area (TPSA) is 58.6 Å². The second-order valence-electron chi connectivity index (χ2n) is 3.69. The minimum atomic E-state index is -0.802. The standard InChI is InChI=1S/C14H14N2O/c15-16-13(11-7-3-1-4-8-11)14(17)12-9-5-2-6-10-12/h1-10,14,17H,15H2/b16-13-. The highest BCUT2D eigenvalue weighted by Gasteiger charge is 2.16. The zero-order valence-corrected chi connectivity index (χ0v) is 9.32. The van der Waals surface area contributed by atoms with Crippen LogP contribution in [0.1, 0.15) is 17.2 Å². The van der Waals surface area contributed by atoms with Crippen molar-refractivity contribution in [3.8, 4) is 0 Å². The number of rotatable bonds is 3. The van der Waals surface area contributed by atoms with Crippen LogP contribution < -0.4 is 5.84 Å². The maximum absolute atomic E-state index is 10.2. The Bertz CT molecular complexity index is 494. The molecule has 2 aromatic rings. The van der Waals surface area contributed by atoms with Crippen molar-refractivity contribution in [2.24, 2.45) is 10.9 Å². The van der Waals surface area contributed by atoms with Crippen LogP contribution in [-0.2, 0) is 0 Å². The summed E-state index contributed by atoms with van der Waals surface area (Å²) in [5, 5.41) is 13.9. The highest BCUT2D eigenvalue weighted by atomic mass is 16.3. The summed E-state index contributed by atoms with van der Waals surface area (Å²) in [5.41, 5.74) is 2.07. The fraction of sp³-hybridized carbons (Fsp3) is 0.0714. The zero-order valence-electron chi connectivity index (χ0n) is 9.32. The molecule has 3 nitrogen and oxygen atoms in total. The van der Waals surface area contributed by atoms with Crippen molar-refractivity contribution < 1.29 is 5.11 Å². The van der Waals surface area contributed by atoms with Crippen molar-refractivity contribution in [1.82, 2.24) is 0 Å². The summed E-state index contributed by atoms with van der Waals surface area (Å²) < 4.78 is 0. The molecule has 17 heavy (non-hydrogen) atoms. The van der Waals surface area contributed by atoms with E-state index < -0.39 is 6.10 Å². The first-order valence-corrected chi connectivity index (χ1v) is 5.39. The van der Waals surface area contributed by atoms with Crippen molar-refractivity contribution in [3.05, 3.63) is 71.8 Å². The quantitative estimate of drug-likeness (QED) is 0.478. The van der Waals surface area contributed by atoms with E-state index in [9.17, 15) is 5.11 Å². The van der Waals surface area contributed by atoms with Gasteiger partial charge in [0.25, 0.3) is 0 Å². The Kier molecular flexibility index (Phi) is 3.52. The molecule has 0 aliphatic carbocycles. The number of hydrogen-bond acceptors (Lipinski definition) is 3. The van der Waals surface area contributed by atoms with E-state index in [0.29, 0.717) is 5.71 Å². The van der Waals surface area contributed by atoms with Gasteiger partial charge in [-0.2, -0.15) is 5.10 Å². The molecule has 0 fully saturated rings. The first-order valence-electron chi connectivity index (χ1n) is 5.39. The first-order chi connectivity index (χ1) is 8.33. The van der Waals surface area contributed by atoms with Gasteiger partial charge in [0, 0.05) is 5.56 Å². The van der Waals surface area contributed by atoms with Crippen molar-refractivity contribution in [2.75, 3.05) is 0 Å². The molecule has 1 atom stereocenters. The van der Waals surface area contributed by atoms with Gasteiger partial charge in [0.15, 0.2) is 0 Å². The number of aliphatic hydroxyl groups is 1. The molecule has 0 heterocycles. The molecule has 0 saturated carbocycles. The molecular formula is C14H14N2O. The summed E-state index contributed by atoms with van der Waals surface area (Å²) in [5.74, 6) is 5.37. The van der Waals surface area contributed by atoms with Crippen LogP contribution in [0.5, 0.6) is 0 Å². The normalized spacial score (nSPS) is 13.4. The van der Waals surface area contributed by atoms with Gasteiger partial charge in [-0.3, -0.25) is 0 Å². The molecule has 0 radical (unpaired) electrons. The number of aliphatic hydroxyl groups excluding tert-OH is 1. The summed E-state index contributed by atoms with van der Waals surface area (Å²) >= 11 is 0. The Balaban J connectivity index is 2.33. The molecule has 2 aromatic carbocycles. The van der Waals surface area contributed by atoms with E-state index in [0.717, 1.165) is 11.1 Å². The van der Waals surface area contributed by atoms with E-state index in [2.05, 4.69) is 5.10 Å². The Hall–Kier alpha value is -2.13. The van der Waals surface area contributed by atoms with Gasteiger partial charge in [0.05, 0.1) is 0 Å². The highest BCUT2D eigenvalue weighted by molar-refractivity contribution is 6.03. The molecule has 0 bridgehead atoms. The molecular weight excluding hydrogens is 212 g/mol. The monoisotopic (exact) mass is 226 g/mol. The van der Waals surface area contributed by atoms with Crippen LogP contribution >= 0.6 is 0 Å². The van der Waals surface area contributed by atoms with Crippen LogP contribution in [0.25, 0.3) is 0 Å². The van der Waals surface area contributed by atoms with Gasteiger partial charge in [-0.25, -0.2) is 0 Å². The van der Waals surface area contributed by atoms with Gasteiger partial charge in [-0.15, -0.1) is 0 Å². The van der Waals surface area contributed by atoms with Gasteiger partial charge < -0.3 is 10.9 Å². The molecule has 0 aromatic heterocycles. The second-order valence-corrected chi connectivity index (χ2v) is 3.69. The first kappa shape index (κ1) is 11.4. The SMILES string of the molecule is N/N=C(/c1ccccc1)C(O)c1ccccc1. The molecule has 3 N–H and O–H groups in total. The molecule has 0 aliphatic heterocycles. The molecule has 3 heteroatoms. The van der Waals surface area contributed by atoms with Crippen LogP contribution in [0.2, 0.25) is 0 Å². The number of benzene rings is 2. The Morgan fingerprint density at radius 2 is 1.47 bits per heavy atom. The van der Waals surface area contributed by atoms with Gasteiger partial charge in [0.2, 0.25) is 0 Å². The van der Waals surface area contributed by atoms with Gasteiger partial charge in [-0.05, 0) is 5.56 Å². The summed E-state index contributed by atoms with van der Waals surface area (Å²) in [4.78, 5) is 0. The third kappa shape index (κ3) is 2.52. The second kappa shape index (κ2) is 5.27. The van der Waals surface area contributed by atoms with Gasteiger partial charge in [-0.1, -0.05) is 60.7 Å². The summed E-state index contributed by atoms with van der Waals surface area (Å²) in [6, 6.07) is 18.8. The third-order valence-electron chi connectivity index (χ3n) is 2.58. The minimum Gasteiger partial charge on any atom is -0.382 e. The fourth-order valence-electron chi connectivity index (χ4n) is 1.71. The van der Waals surface area contributed by atoms with E-state index in [1.165, 1.54) is 0 Å². The highest BCUT2D eigenvalue weighted by Crippen LogP contribution is 2.18. The minimum absolute atomic E-state index is 0.469. The van der Waals surface area contributed by atoms with E-state index in [1.807, 2.05) is 60.7 Å². The molecule has 2 rings (SSSR count). The van der Waals surface area contributed by atoms with Crippen LogP contribution in [0.4, 0.5) is 0 Å². The molecule has 86 valence electrons. The fourth-order valence-corrected chi connectivity index (χ4v) is 1.71. The van der Waals surface area contributed by atoms with E-state index in [1.54, 1.807) is 0 Å². The van der Waals surface area contributed by atoms with Crippen LogP contribution in [-0.4, -0.2) is 10.8 Å². The predicted molar refractivity (Wildman–Crippen MR) is 68.6 cm³/mol. The average molecular weight is 226 g/mol. The lowest BCUT2D eigenvalue weighted by molar-refractivity contribution is 0.247. The lowest BCUT2D eigenvalue weighted by Gasteiger charge is -2.13. The maximum Gasteiger partial charge on any atom is 0.123 e. The van der Waals surface area contributed by atoms with Crippen molar-refractivity contribution in [3.63, 3.8) is 0 Å². The average Bonchev–Trinajstić information content (AvgIpc) is 2.42. The Morgan fingerprint density at radius 3 is 2.00 bits per heavy atom. The summed E-state index contributed by atoms with van der Waals surface area (Å²) in [6.45, 7) is 0. The van der Waals surface area contributed by atoms with E-state index in [4.69, 9.17) is 5.84 Å². The van der Waals surface area contributed by atoms with Crippen molar-refractivity contribution in [2.45, 2.75) is 6.10 Å². The number of hydrazone groups is 1. The van der Waals surface area contributed by atoms with E-state index in [-0.39, 0.29) is 0 Å². The number of nitrogens with two attached hydrogens (primary N) is 1. The predicted octanol–water partition coefficient (Wildman–Crippen LogP) is 2.08. The molecule has 0 spiro atoms. The number of nitrogens with zero attached hydrogens (tertiary/aromatic N) is 1. The van der Waals surface area contributed by atoms with Gasteiger partial charge in [0.1, 0.15) is 11.8 Å². The molecule has 0 saturated heterocycles. The molecule has 0 aliphatic rings. The summed E-state index contributed by atoms with van der Waals surface area (Å²) in [7, 11) is 0. The molecule has 1 unspecified atom stereocenters. The zero-order chi connectivity index (χ0) is 12.1. The lowest BCUT2D eigenvalue weighted by atomic mass is 9.99. The van der Waals surface area contributed by atoms with E-state index >= 15 is 0 Å². The third-order valence-corrected chi connectivity index (χ3v) is 2.58. The van der Waals surface area contributed by atoms with Crippen LogP contribution in [0.3, 0.4) is 0 Å². The van der Waals surface area contributed by atoms with Crippen LogP contribution in [0, 0.1) is 0 Å². The molecule has 0 amide bonds. The van der Waals surface area contributed by atoms with Crippen molar-refractivity contribution >= 4 is 5.71 Å². The smallest absolute Gasteiger partial charge is 0.123 e. The maximum atomic E-state index is 10.2.